The molecule has 3 heterocycles. The lowest BCUT2D eigenvalue weighted by Gasteiger charge is -2.14. The zero-order chi connectivity index (χ0) is 24.5. The van der Waals surface area contributed by atoms with Gasteiger partial charge in [-0.25, -0.2) is 9.37 Å². The van der Waals surface area contributed by atoms with E-state index in [0.717, 1.165) is 12.3 Å². The number of aromatic nitrogens is 5. The number of hydrogen-bond donors (Lipinski definition) is 1. The minimum absolute atomic E-state index is 0.0536. The summed E-state index contributed by atoms with van der Waals surface area (Å²) in [6.45, 7) is 0. The summed E-state index contributed by atoms with van der Waals surface area (Å²) in [5.74, 6) is -2.02. The van der Waals surface area contributed by atoms with Crippen LogP contribution in [0.2, 0.25) is 5.02 Å². The van der Waals surface area contributed by atoms with Gasteiger partial charge in [0, 0.05) is 17.3 Å². The van der Waals surface area contributed by atoms with Crippen molar-refractivity contribution < 1.29 is 27.1 Å². The Labute approximate surface area is 194 Å². The number of anilines is 1. The zero-order valence-electron chi connectivity index (χ0n) is 17.1. The Morgan fingerprint density at radius 3 is 2.50 bits per heavy atom. The number of nitrogens with one attached hydrogen (secondary N) is 1. The number of pyridine rings is 2. The molecule has 34 heavy (non-hydrogen) atoms. The number of alkyl halides is 3. The van der Waals surface area contributed by atoms with Crippen LogP contribution in [0.1, 0.15) is 15.9 Å². The summed E-state index contributed by atoms with van der Waals surface area (Å²) in [5.41, 5.74) is -1.35. The van der Waals surface area contributed by atoms with E-state index in [1.54, 1.807) is 0 Å². The van der Waals surface area contributed by atoms with E-state index in [1.807, 2.05) is 0 Å². The minimum Gasteiger partial charge on any atom is -0.494 e. The number of amides is 1. The lowest BCUT2D eigenvalue weighted by molar-refractivity contribution is -0.137. The largest absolute Gasteiger partial charge is 0.494 e. The van der Waals surface area contributed by atoms with Crippen molar-refractivity contribution >= 4 is 23.2 Å². The highest BCUT2D eigenvalue weighted by atomic mass is 35.5. The highest BCUT2D eigenvalue weighted by molar-refractivity contribution is 6.34. The lowest BCUT2D eigenvalue weighted by atomic mass is 10.0. The Bertz CT molecular complexity index is 1360. The first kappa shape index (κ1) is 23.1. The first-order valence-electron chi connectivity index (χ1n) is 9.41. The molecule has 1 N–H and O–H groups in total. The van der Waals surface area contributed by atoms with Gasteiger partial charge < -0.3 is 10.1 Å². The van der Waals surface area contributed by atoms with Crippen LogP contribution in [-0.4, -0.2) is 38.0 Å². The van der Waals surface area contributed by atoms with Gasteiger partial charge in [0.05, 0.1) is 48.2 Å². The van der Waals surface area contributed by atoms with Crippen LogP contribution >= 0.6 is 11.6 Å². The van der Waals surface area contributed by atoms with Crippen LogP contribution in [0.15, 0.2) is 55.2 Å². The monoisotopic (exact) mass is 492 g/mol. The normalized spacial score (nSPS) is 11.4. The summed E-state index contributed by atoms with van der Waals surface area (Å²) in [6.07, 6.45) is 1.38. The van der Waals surface area contributed by atoms with Crippen molar-refractivity contribution in [2.45, 2.75) is 6.18 Å². The fourth-order valence-electron chi connectivity index (χ4n) is 3.11. The van der Waals surface area contributed by atoms with E-state index in [2.05, 4.69) is 25.5 Å². The van der Waals surface area contributed by atoms with E-state index < -0.39 is 29.3 Å². The van der Waals surface area contributed by atoms with Crippen LogP contribution in [0.3, 0.4) is 0 Å². The first-order chi connectivity index (χ1) is 16.2. The molecule has 0 unspecified atom stereocenters. The zero-order valence-corrected chi connectivity index (χ0v) is 17.9. The molecule has 3 aromatic heterocycles. The molecule has 0 aliphatic heterocycles. The van der Waals surface area contributed by atoms with Gasteiger partial charge >= 0.3 is 6.18 Å². The summed E-state index contributed by atoms with van der Waals surface area (Å²) in [5, 5.41) is 9.42. The van der Waals surface area contributed by atoms with Crippen molar-refractivity contribution in [3.63, 3.8) is 0 Å². The number of nitrogens with zero attached hydrogens (tertiary/aromatic N) is 5. The third-order valence-electron chi connectivity index (χ3n) is 4.63. The average Bonchev–Trinajstić information content (AvgIpc) is 3.34. The van der Waals surface area contributed by atoms with Gasteiger partial charge in [-0.2, -0.15) is 23.4 Å². The average molecular weight is 493 g/mol. The van der Waals surface area contributed by atoms with E-state index in [1.165, 1.54) is 44.0 Å². The van der Waals surface area contributed by atoms with Crippen LogP contribution in [0, 0.1) is 5.82 Å². The molecule has 0 saturated heterocycles. The number of halogens is 5. The Kier molecular flexibility index (Phi) is 6.16. The molecule has 0 bridgehead atoms. The van der Waals surface area contributed by atoms with Crippen molar-refractivity contribution in [3.05, 3.63) is 77.2 Å². The van der Waals surface area contributed by atoms with E-state index in [-0.39, 0.29) is 27.6 Å². The van der Waals surface area contributed by atoms with Crippen molar-refractivity contribution in [1.29, 1.82) is 0 Å². The van der Waals surface area contributed by atoms with Crippen molar-refractivity contribution in [2.75, 3.05) is 12.4 Å². The Hall–Kier alpha value is -4.06. The topological polar surface area (TPSA) is 94.8 Å². The van der Waals surface area contributed by atoms with Crippen LogP contribution < -0.4 is 10.1 Å². The second kappa shape index (κ2) is 9.06. The van der Waals surface area contributed by atoms with Gasteiger partial charge in [0.2, 0.25) is 0 Å². The molecular formula is C21H13ClF4N6O2. The number of methoxy groups -OCH3 is 1. The molecule has 0 atom stereocenters. The Morgan fingerprint density at radius 1 is 1.09 bits per heavy atom. The number of hydrogen-bond acceptors (Lipinski definition) is 6. The van der Waals surface area contributed by atoms with Crippen LogP contribution in [0.5, 0.6) is 5.75 Å². The second-order valence-corrected chi connectivity index (χ2v) is 7.16. The number of carbonyl (C=O) groups is 1. The fraction of sp³-hybridized carbons (Fsp3) is 0.0952. The molecule has 0 spiro atoms. The smallest absolute Gasteiger partial charge is 0.420 e. The fourth-order valence-corrected chi connectivity index (χ4v) is 3.36. The molecule has 13 heteroatoms. The molecule has 0 radical (unpaired) electrons. The second-order valence-electron chi connectivity index (χ2n) is 6.75. The van der Waals surface area contributed by atoms with Crippen molar-refractivity contribution in [3.8, 4) is 22.7 Å². The van der Waals surface area contributed by atoms with Crippen LogP contribution in [-0.2, 0) is 6.18 Å². The van der Waals surface area contributed by atoms with Gasteiger partial charge in [-0.15, -0.1) is 4.80 Å². The van der Waals surface area contributed by atoms with Crippen LogP contribution in [0.25, 0.3) is 16.9 Å². The molecule has 0 aliphatic rings. The Balaban J connectivity index is 1.66. The predicted molar refractivity (Wildman–Crippen MR) is 113 cm³/mol. The van der Waals surface area contributed by atoms with Gasteiger partial charge in [0.15, 0.2) is 5.82 Å². The molecule has 1 amide bonds. The number of benzene rings is 1. The predicted octanol–water partition coefficient (Wildman–Crippen LogP) is 4.80. The standard InChI is InChI=1S/C21H13ClF4N6O2/c1-34-18-10-27-3-2-12(18)13-7-16(22)14(8-17(13)23)20(33)31-11-6-15(21(24,25)26)19(28-9-11)32-29-4-5-30-32/h2-10H,1H3,(H,31,33). The molecule has 0 saturated carbocycles. The van der Waals surface area contributed by atoms with Gasteiger partial charge in [-0.05, 0) is 24.3 Å². The van der Waals surface area contributed by atoms with Gasteiger partial charge in [0.25, 0.3) is 5.91 Å². The third kappa shape index (κ3) is 4.53. The first-order valence-corrected chi connectivity index (χ1v) is 9.79. The van der Waals surface area contributed by atoms with E-state index in [9.17, 15) is 22.4 Å². The van der Waals surface area contributed by atoms with Crippen LogP contribution in [0.4, 0.5) is 23.2 Å². The maximum absolute atomic E-state index is 14.9. The summed E-state index contributed by atoms with van der Waals surface area (Å²) in [6, 6.07) is 4.28. The van der Waals surface area contributed by atoms with E-state index in [0.29, 0.717) is 16.4 Å². The molecule has 0 aliphatic carbocycles. The van der Waals surface area contributed by atoms with Gasteiger partial charge in [-0.1, -0.05) is 11.6 Å². The molecular weight excluding hydrogens is 480 g/mol. The quantitative estimate of drug-likeness (QED) is 0.402. The maximum Gasteiger partial charge on any atom is 0.420 e. The maximum atomic E-state index is 14.9. The molecule has 1 aromatic carbocycles. The minimum atomic E-state index is -4.81. The summed E-state index contributed by atoms with van der Waals surface area (Å²) in [7, 11) is 1.39. The van der Waals surface area contributed by atoms with Gasteiger partial charge in [-0.3, -0.25) is 9.78 Å². The van der Waals surface area contributed by atoms with E-state index >= 15 is 0 Å². The number of ether oxygens (including phenoxy) is 1. The highest BCUT2D eigenvalue weighted by Crippen LogP contribution is 2.36. The van der Waals surface area contributed by atoms with Gasteiger partial charge in [0.1, 0.15) is 17.1 Å². The lowest BCUT2D eigenvalue weighted by Crippen LogP contribution is -2.17. The number of carbonyl (C=O) groups excluding carboxylic acids is 1. The molecule has 0 fully saturated rings. The third-order valence-corrected chi connectivity index (χ3v) is 4.95. The summed E-state index contributed by atoms with van der Waals surface area (Å²) < 4.78 is 60.7. The van der Waals surface area contributed by atoms with Crippen molar-refractivity contribution in [1.82, 2.24) is 25.0 Å². The molecule has 4 rings (SSSR count). The SMILES string of the molecule is COc1cnccc1-c1cc(Cl)c(C(=O)Nc2cnc(-n3nccn3)c(C(F)(F)F)c2)cc1F. The number of rotatable bonds is 5. The molecule has 174 valence electrons. The summed E-state index contributed by atoms with van der Waals surface area (Å²) >= 11 is 6.21. The van der Waals surface area contributed by atoms with Crippen molar-refractivity contribution in [2.24, 2.45) is 0 Å². The molecule has 4 aromatic rings. The van der Waals surface area contributed by atoms with E-state index in [4.69, 9.17) is 16.3 Å². The Morgan fingerprint density at radius 2 is 1.82 bits per heavy atom. The summed E-state index contributed by atoms with van der Waals surface area (Å²) in [4.78, 5) is 21.0. The highest BCUT2D eigenvalue weighted by Gasteiger charge is 2.36. The molecule has 8 nitrogen and oxygen atoms in total.